The average Bonchev–Trinajstić information content (AvgIpc) is 0.901. The standard InChI is InChI=1S/C87H144O17P2/c1-5-9-13-17-21-25-29-32-35-38-40-43-46-49-53-56-60-64-68-72-85(90)98-78-83(104-87(92)74-70-66-62-58-54-50-47-44-41-39-36-33-30-26-22-18-14-10-6-2)80-102-106(95,96)100-76-81(88)75-99-105(93,94)101-79-82(103-86(91)73-69-65-61-57-51-28-24-20-16-12-8-4)77-97-84(89)71-67-63-59-55-52-48-45-42-37-34-31-27-23-19-15-11-7-3/h9,11,13,15,21-23,25-27,32-37,40-41,43-45,48-49,53,55,59,81-83,88H,5-8,10,12,14,16-20,24,28-31,38-39,42,46-47,50-52,54,56-58,60-80H2,1-4H3,(H,93,94)(H,95,96)/b13-9-,15-11-,25-21-,26-22-,27-23-,35-32-,36-33-,37-34-,43-40-,44-41-,48-45-,53-49-,59-55-. The number of aliphatic hydroxyl groups is 1. The minimum absolute atomic E-state index is 0.0668. The number of hydrogen-bond acceptors (Lipinski definition) is 15. The zero-order valence-corrected chi connectivity index (χ0v) is 67.8. The topological polar surface area (TPSA) is 237 Å². The number of aliphatic hydroxyl groups excluding tert-OH is 1. The van der Waals surface area contributed by atoms with Crippen molar-refractivity contribution in [2.24, 2.45) is 0 Å². The van der Waals surface area contributed by atoms with Crippen LogP contribution in [-0.4, -0.2) is 96.7 Å². The van der Waals surface area contributed by atoms with Crippen molar-refractivity contribution in [1.82, 2.24) is 0 Å². The maximum atomic E-state index is 13.1. The molecule has 0 fully saturated rings. The molecule has 0 spiro atoms. The zero-order chi connectivity index (χ0) is 77.4. The molecular formula is C87H144O17P2. The van der Waals surface area contributed by atoms with Crippen molar-refractivity contribution in [2.75, 3.05) is 39.6 Å². The third-order valence-electron chi connectivity index (χ3n) is 16.5. The van der Waals surface area contributed by atoms with E-state index in [1.54, 1.807) is 0 Å². The minimum atomic E-state index is -5.00. The summed E-state index contributed by atoms with van der Waals surface area (Å²) in [6.45, 7) is 4.50. The second kappa shape index (κ2) is 77.8. The molecule has 0 aromatic heterocycles. The average molecular weight is 1520 g/mol. The lowest BCUT2D eigenvalue weighted by molar-refractivity contribution is -0.161. The Labute approximate surface area is 642 Å². The van der Waals surface area contributed by atoms with Crippen molar-refractivity contribution in [2.45, 2.75) is 329 Å². The van der Waals surface area contributed by atoms with Crippen molar-refractivity contribution in [3.8, 4) is 0 Å². The second-order valence-corrected chi connectivity index (χ2v) is 29.5. The van der Waals surface area contributed by atoms with Gasteiger partial charge in [0.1, 0.15) is 19.3 Å². The third-order valence-corrected chi connectivity index (χ3v) is 18.4. The fraction of sp³-hybridized carbons (Fsp3) is 0.655. The first-order valence-corrected chi connectivity index (χ1v) is 43.7. The van der Waals surface area contributed by atoms with E-state index in [0.29, 0.717) is 32.1 Å². The van der Waals surface area contributed by atoms with Crippen molar-refractivity contribution in [1.29, 1.82) is 0 Å². The summed E-state index contributed by atoms with van der Waals surface area (Å²) in [6, 6.07) is 0. The number of unbranched alkanes of at least 4 members (excludes halogenated alkanes) is 23. The lowest BCUT2D eigenvalue weighted by Gasteiger charge is -2.21. The van der Waals surface area contributed by atoms with Crippen LogP contribution in [0.3, 0.4) is 0 Å². The summed E-state index contributed by atoms with van der Waals surface area (Å²) >= 11 is 0. The van der Waals surface area contributed by atoms with Crippen LogP contribution < -0.4 is 0 Å². The van der Waals surface area contributed by atoms with Crippen LogP contribution in [0.2, 0.25) is 0 Å². The van der Waals surface area contributed by atoms with Gasteiger partial charge in [-0.15, -0.1) is 0 Å². The van der Waals surface area contributed by atoms with Crippen molar-refractivity contribution < 1.29 is 80.2 Å². The summed E-state index contributed by atoms with van der Waals surface area (Å²) in [7, 11) is -9.99. The lowest BCUT2D eigenvalue weighted by Crippen LogP contribution is -2.30. The Kier molecular flexibility index (Phi) is 73.9. The Hall–Kier alpha value is -5.32. The molecule has 0 rings (SSSR count). The van der Waals surface area contributed by atoms with E-state index in [1.807, 2.05) is 12.2 Å². The Morgan fingerprint density at radius 1 is 0.274 bits per heavy atom. The van der Waals surface area contributed by atoms with E-state index in [0.717, 1.165) is 167 Å². The predicted molar refractivity (Wildman–Crippen MR) is 436 cm³/mol. The van der Waals surface area contributed by atoms with Gasteiger partial charge in [-0.3, -0.25) is 37.3 Å². The molecule has 0 aliphatic rings. The zero-order valence-electron chi connectivity index (χ0n) is 66.1. The smallest absolute Gasteiger partial charge is 0.462 e. The molecule has 0 saturated carbocycles. The van der Waals surface area contributed by atoms with Crippen LogP contribution in [0.4, 0.5) is 0 Å². The monoisotopic (exact) mass is 1520 g/mol. The molecule has 5 unspecified atom stereocenters. The highest BCUT2D eigenvalue weighted by Gasteiger charge is 2.30. The van der Waals surface area contributed by atoms with Gasteiger partial charge in [0.05, 0.1) is 26.4 Å². The van der Waals surface area contributed by atoms with Crippen LogP contribution in [0.25, 0.3) is 0 Å². The molecule has 0 radical (unpaired) electrons. The molecule has 3 N–H and O–H groups in total. The van der Waals surface area contributed by atoms with Gasteiger partial charge in [-0.2, -0.15) is 0 Å². The Morgan fingerprint density at radius 3 is 0.821 bits per heavy atom. The molecule has 19 heteroatoms. The third kappa shape index (κ3) is 76.9. The largest absolute Gasteiger partial charge is 0.472 e. The van der Waals surface area contributed by atoms with E-state index < -0.39 is 97.5 Å². The Bertz CT molecular complexity index is 2630. The number of esters is 4. The fourth-order valence-corrected chi connectivity index (χ4v) is 11.9. The van der Waals surface area contributed by atoms with Crippen LogP contribution in [0, 0.1) is 0 Å². The summed E-state index contributed by atoms with van der Waals surface area (Å²) in [5.74, 6) is -2.30. The summed E-state index contributed by atoms with van der Waals surface area (Å²) in [5, 5.41) is 10.6. The summed E-state index contributed by atoms with van der Waals surface area (Å²) in [4.78, 5) is 73.0. The van der Waals surface area contributed by atoms with Gasteiger partial charge in [0.2, 0.25) is 0 Å². The van der Waals surface area contributed by atoms with Crippen molar-refractivity contribution >= 4 is 39.5 Å². The van der Waals surface area contributed by atoms with E-state index >= 15 is 0 Å². The van der Waals surface area contributed by atoms with Crippen LogP contribution in [0.5, 0.6) is 0 Å². The lowest BCUT2D eigenvalue weighted by atomic mass is 10.1. The van der Waals surface area contributed by atoms with E-state index in [1.165, 1.54) is 57.8 Å². The Balaban J connectivity index is 5.44. The molecule has 0 aromatic carbocycles. The molecule has 106 heavy (non-hydrogen) atoms. The van der Waals surface area contributed by atoms with E-state index in [4.69, 9.17) is 37.0 Å². The molecule has 0 heterocycles. The van der Waals surface area contributed by atoms with Crippen LogP contribution in [0.1, 0.15) is 310 Å². The first-order valence-electron chi connectivity index (χ1n) is 40.7. The molecule has 0 aromatic rings. The SMILES string of the molecule is CC/C=C\C/C=C\C/C=C\C/C=C\C/C=C\CCCCCC(=O)OCC(COP(=O)(O)OCC(O)COP(=O)(O)OCC(COC(=O)CCC/C=C\C/C=C\C/C=C\C/C=C\C/C=C\CC)OC(=O)CCCCCCCCCCCCC)OC(=O)CCCCCCCC/C=C\C/C=C\C/C=C\CCCCC. The number of carbonyl (C=O) groups excluding carboxylic acids is 4. The normalized spacial score (nSPS) is 14.7. The summed E-state index contributed by atoms with van der Waals surface area (Å²) < 4.78 is 68.6. The number of phosphoric ester groups is 2. The van der Waals surface area contributed by atoms with Crippen LogP contribution >= 0.6 is 15.6 Å². The van der Waals surface area contributed by atoms with E-state index in [-0.39, 0.29) is 25.7 Å². The molecule has 0 saturated heterocycles. The van der Waals surface area contributed by atoms with E-state index in [9.17, 15) is 43.2 Å². The quantitative estimate of drug-likeness (QED) is 0.0169. The van der Waals surface area contributed by atoms with Gasteiger partial charge in [0.15, 0.2) is 12.2 Å². The van der Waals surface area contributed by atoms with Crippen LogP contribution in [0.15, 0.2) is 158 Å². The molecular weight excluding hydrogens is 1380 g/mol. The van der Waals surface area contributed by atoms with Gasteiger partial charge < -0.3 is 33.8 Å². The molecule has 0 aliphatic carbocycles. The maximum Gasteiger partial charge on any atom is 0.472 e. The summed E-state index contributed by atoms with van der Waals surface area (Å²) in [6.07, 6.45) is 90.8. The predicted octanol–water partition coefficient (Wildman–Crippen LogP) is 24.0. The molecule has 0 amide bonds. The molecule has 17 nitrogen and oxygen atoms in total. The first kappa shape index (κ1) is 101. The number of hydrogen-bond donors (Lipinski definition) is 3. The minimum Gasteiger partial charge on any atom is -0.462 e. The summed E-state index contributed by atoms with van der Waals surface area (Å²) in [5.41, 5.74) is 0. The number of rotatable bonds is 75. The Morgan fingerprint density at radius 2 is 0.500 bits per heavy atom. The highest BCUT2D eigenvalue weighted by atomic mass is 31.2. The van der Waals surface area contributed by atoms with Gasteiger partial charge in [-0.05, 0) is 148 Å². The van der Waals surface area contributed by atoms with E-state index in [2.05, 4.69) is 174 Å². The number of allylic oxidation sites excluding steroid dienone is 26. The van der Waals surface area contributed by atoms with Gasteiger partial charge in [-0.25, -0.2) is 9.13 Å². The molecule has 604 valence electrons. The van der Waals surface area contributed by atoms with Gasteiger partial charge in [0.25, 0.3) is 0 Å². The first-order chi connectivity index (χ1) is 51.7. The van der Waals surface area contributed by atoms with Gasteiger partial charge in [-0.1, -0.05) is 295 Å². The van der Waals surface area contributed by atoms with Crippen molar-refractivity contribution in [3.05, 3.63) is 158 Å². The van der Waals surface area contributed by atoms with Gasteiger partial charge >= 0.3 is 39.5 Å². The number of carbonyl (C=O) groups is 4. The molecule has 5 atom stereocenters. The highest BCUT2D eigenvalue weighted by molar-refractivity contribution is 7.47. The highest BCUT2D eigenvalue weighted by Crippen LogP contribution is 2.45. The number of ether oxygens (including phenoxy) is 4. The fourth-order valence-electron chi connectivity index (χ4n) is 10.3. The molecule has 0 bridgehead atoms. The maximum absolute atomic E-state index is 13.1. The van der Waals surface area contributed by atoms with Crippen LogP contribution in [-0.2, 0) is 65.4 Å². The second-order valence-electron chi connectivity index (χ2n) is 26.6. The number of phosphoric acid groups is 2. The van der Waals surface area contributed by atoms with Crippen molar-refractivity contribution in [3.63, 3.8) is 0 Å². The molecule has 0 aliphatic heterocycles. The van der Waals surface area contributed by atoms with Gasteiger partial charge in [0, 0.05) is 25.7 Å².